The molecule has 1 aliphatic heterocycles. The van der Waals surface area contributed by atoms with Crippen LogP contribution in [-0.2, 0) is 5.41 Å². The highest BCUT2D eigenvalue weighted by atomic mass is 15.1. The second-order valence-corrected chi connectivity index (χ2v) is 7.11. The molecule has 0 unspecified atom stereocenters. The SMILES string of the molecule is CCC1(CC)c2ccccc2-c2ccc(N3CCCCC3)cc21. The van der Waals surface area contributed by atoms with E-state index in [0.29, 0.717) is 0 Å². The summed E-state index contributed by atoms with van der Waals surface area (Å²) in [5.41, 5.74) is 7.66. The summed E-state index contributed by atoms with van der Waals surface area (Å²) in [6.07, 6.45) is 6.42. The number of anilines is 1. The third kappa shape index (κ3) is 2.13. The smallest absolute Gasteiger partial charge is 0.0369 e. The lowest BCUT2D eigenvalue weighted by Crippen LogP contribution is -2.30. The normalized spacial score (nSPS) is 18.6. The molecule has 1 aliphatic carbocycles. The predicted molar refractivity (Wildman–Crippen MR) is 99.3 cm³/mol. The van der Waals surface area contributed by atoms with Crippen LogP contribution in [0.15, 0.2) is 42.5 Å². The van der Waals surface area contributed by atoms with E-state index in [2.05, 4.69) is 61.2 Å². The van der Waals surface area contributed by atoms with Crippen LogP contribution < -0.4 is 4.90 Å². The van der Waals surface area contributed by atoms with E-state index >= 15 is 0 Å². The fraction of sp³-hybridized carbons (Fsp3) is 0.455. The van der Waals surface area contributed by atoms with Crippen LogP contribution in [0.25, 0.3) is 11.1 Å². The molecule has 120 valence electrons. The predicted octanol–water partition coefficient (Wildman–Crippen LogP) is 5.76. The summed E-state index contributed by atoms with van der Waals surface area (Å²) < 4.78 is 0. The van der Waals surface area contributed by atoms with Crippen LogP contribution >= 0.6 is 0 Å². The Morgan fingerprint density at radius 1 is 0.826 bits per heavy atom. The number of hydrogen-bond acceptors (Lipinski definition) is 1. The highest BCUT2D eigenvalue weighted by molar-refractivity contribution is 5.82. The van der Waals surface area contributed by atoms with E-state index in [1.807, 2.05) is 0 Å². The van der Waals surface area contributed by atoms with Gasteiger partial charge in [0.05, 0.1) is 0 Å². The number of piperidine rings is 1. The van der Waals surface area contributed by atoms with Gasteiger partial charge in [-0.05, 0) is 66.5 Å². The standard InChI is InChI=1S/C22H27N/c1-3-22(4-2)20-11-7-6-10-18(20)19-13-12-17(16-21(19)22)23-14-8-5-9-15-23/h6-7,10-13,16H,3-5,8-9,14-15H2,1-2H3. The Hall–Kier alpha value is -1.76. The van der Waals surface area contributed by atoms with Crippen molar-refractivity contribution in [2.45, 2.75) is 51.4 Å². The third-order valence-electron chi connectivity index (χ3n) is 6.18. The molecule has 2 aromatic rings. The van der Waals surface area contributed by atoms with Gasteiger partial charge < -0.3 is 4.90 Å². The first kappa shape index (κ1) is 14.8. The molecular formula is C22H27N. The summed E-state index contributed by atoms with van der Waals surface area (Å²) in [6, 6.07) is 16.3. The van der Waals surface area contributed by atoms with Crippen LogP contribution in [0.5, 0.6) is 0 Å². The average Bonchev–Trinajstić information content (AvgIpc) is 2.92. The molecule has 0 radical (unpaired) electrons. The highest BCUT2D eigenvalue weighted by Crippen LogP contribution is 2.53. The summed E-state index contributed by atoms with van der Waals surface area (Å²) in [5.74, 6) is 0. The van der Waals surface area contributed by atoms with E-state index in [9.17, 15) is 0 Å². The van der Waals surface area contributed by atoms with Crippen LogP contribution in [0, 0.1) is 0 Å². The summed E-state index contributed by atoms with van der Waals surface area (Å²) in [6.45, 7) is 7.14. The van der Waals surface area contributed by atoms with Crippen LogP contribution in [0.1, 0.15) is 57.1 Å². The molecule has 1 saturated heterocycles. The second kappa shape index (κ2) is 5.70. The number of hydrogen-bond donors (Lipinski definition) is 0. The maximum Gasteiger partial charge on any atom is 0.0369 e. The van der Waals surface area contributed by atoms with Gasteiger partial charge in [0.2, 0.25) is 0 Å². The Bertz CT molecular complexity index is 706. The van der Waals surface area contributed by atoms with Crippen molar-refractivity contribution in [3.8, 4) is 11.1 Å². The van der Waals surface area contributed by atoms with Crippen LogP contribution in [0.4, 0.5) is 5.69 Å². The van der Waals surface area contributed by atoms with Crippen molar-refractivity contribution >= 4 is 5.69 Å². The van der Waals surface area contributed by atoms with E-state index in [4.69, 9.17) is 0 Å². The lowest BCUT2D eigenvalue weighted by atomic mass is 9.74. The highest BCUT2D eigenvalue weighted by Gasteiger charge is 2.40. The molecule has 0 N–H and O–H groups in total. The van der Waals surface area contributed by atoms with Crippen molar-refractivity contribution in [2.75, 3.05) is 18.0 Å². The van der Waals surface area contributed by atoms with E-state index in [1.165, 1.54) is 67.6 Å². The summed E-state index contributed by atoms with van der Waals surface area (Å²) in [7, 11) is 0. The Labute approximate surface area is 140 Å². The van der Waals surface area contributed by atoms with Gasteiger partial charge in [-0.15, -0.1) is 0 Å². The van der Waals surface area contributed by atoms with Crippen LogP contribution in [0.2, 0.25) is 0 Å². The minimum Gasteiger partial charge on any atom is -0.372 e. The van der Waals surface area contributed by atoms with Crippen molar-refractivity contribution in [1.29, 1.82) is 0 Å². The average molecular weight is 305 g/mol. The monoisotopic (exact) mass is 305 g/mol. The van der Waals surface area contributed by atoms with Crippen LogP contribution in [-0.4, -0.2) is 13.1 Å². The molecule has 1 nitrogen and oxygen atoms in total. The lowest BCUT2D eigenvalue weighted by molar-refractivity contribution is 0.490. The molecule has 1 fully saturated rings. The van der Waals surface area contributed by atoms with Gasteiger partial charge in [-0.3, -0.25) is 0 Å². The topological polar surface area (TPSA) is 3.24 Å². The minimum absolute atomic E-state index is 0.206. The number of rotatable bonds is 3. The minimum atomic E-state index is 0.206. The molecular weight excluding hydrogens is 278 g/mol. The van der Waals surface area contributed by atoms with E-state index in [-0.39, 0.29) is 5.41 Å². The van der Waals surface area contributed by atoms with E-state index < -0.39 is 0 Å². The summed E-state index contributed by atoms with van der Waals surface area (Å²) in [5, 5.41) is 0. The maximum atomic E-state index is 2.59. The molecule has 0 spiro atoms. The molecule has 0 amide bonds. The van der Waals surface area contributed by atoms with Crippen molar-refractivity contribution < 1.29 is 0 Å². The Morgan fingerprint density at radius 3 is 2.26 bits per heavy atom. The van der Waals surface area contributed by atoms with Crippen molar-refractivity contribution in [3.05, 3.63) is 53.6 Å². The maximum absolute atomic E-state index is 2.59. The first-order chi connectivity index (χ1) is 11.3. The van der Waals surface area contributed by atoms with Crippen molar-refractivity contribution in [3.63, 3.8) is 0 Å². The van der Waals surface area contributed by atoms with Gasteiger partial charge in [0.1, 0.15) is 0 Å². The molecule has 0 saturated carbocycles. The molecule has 23 heavy (non-hydrogen) atoms. The van der Waals surface area contributed by atoms with E-state index in [0.717, 1.165) is 0 Å². The zero-order chi connectivity index (χ0) is 15.9. The van der Waals surface area contributed by atoms with Gasteiger partial charge in [0.25, 0.3) is 0 Å². The molecule has 1 heteroatoms. The van der Waals surface area contributed by atoms with Gasteiger partial charge in [0, 0.05) is 24.2 Å². The second-order valence-electron chi connectivity index (χ2n) is 7.11. The fourth-order valence-electron chi connectivity index (χ4n) is 4.80. The zero-order valence-electron chi connectivity index (χ0n) is 14.4. The van der Waals surface area contributed by atoms with Crippen molar-refractivity contribution in [2.24, 2.45) is 0 Å². The van der Waals surface area contributed by atoms with Gasteiger partial charge in [-0.25, -0.2) is 0 Å². The quantitative estimate of drug-likeness (QED) is 0.696. The third-order valence-corrected chi connectivity index (χ3v) is 6.18. The molecule has 2 aliphatic rings. The zero-order valence-corrected chi connectivity index (χ0v) is 14.4. The molecule has 1 heterocycles. The number of nitrogens with zero attached hydrogens (tertiary/aromatic N) is 1. The largest absolute Gasteiger partial charge is 0.372 e. The first-order valence-electron chi connectivity index (χ1n) is 9.29. The van der Waals surface area contributed by atoms with E-state index in [1.54, 1.807) is 5.56 Å². The molecule has 4 rings (SSSR count). The number of fused-ring (bicyclic) bond motifs is 3. The fourth-order valence-corrected chi connectivity index (χ4v) is 4.80. The van der Waals surface area contributed by atoms with Gasteiger partial charge in [0.15, 0.2) is 0 Å². The molecule has 0 bridgehead atoms. The van der Waals surface area contributed by atoms with Gasteiger partial charge in [-0.2, -0.15) is 0 Å². The van der Waals surface area contributed by atoms with Gasteiger partial charge in [-0.1, -0.05) is 44.2 Å². The summed E-state index contributed by atoms with van der Waals surface area (Å²) in [4.78, 5) is 2.59. The Kier molecular flexibility index (Phi) is 3.67. The lowest BCUT2D eigenvalue weighted by Gasteiger charge is -2.32. The first-order valence-corrected chi connectivity index (χ1v) is 9.29. The summed E-state index contributed by atoms with van der Waals surface area (Å²) >= 11 is 0. The Balaban J connectivity index is 1.86. The molecule has 0 atom stereocenters. The molecule has 2 aromatic carbocycles. The van der Waals surface area contributed by atoms with Gasteiger partial charge >= 0.3 is 0 Å². The molecule has 0 aromatic heterocycles. The van der Waals surface area contributed by atoms with Crippen molar-refractivity contribution in [1.82, 2.24) is 0 Å². The number of benzene rings is 2. The Morgan fingerprint density at radius 2 is 1.52 bits per heavy atom. The van der Waals surface area contributed by atoms with Crippen LogP contribution in [0.3, 0.4) is 0 Å².